The van der Waals surface area contributed by atoms with E-state index in [0.29, 0.717) is 12.1 Å². The molecule has 1 aliphatic carbocycles. The highest BCUT2D eigenvalue weighted by molar-refractivity contribution is 7.29. The Balaban J connectivity index is 1.47. The molecule has 342 valence electrons. The van der Waals surface area contributed by atoms with E-state index in [4.69, 9.17) is 0 Å². The van der Waals surface area contributed by atoms with Gasteiger partial charge in [0.2, 0.25) is 0 Å². The first-order chi connectivity index (χ1) is 26.9. The van der Waals surface area contributed by atoms with Gasteiger partial charge in [0.15, 0.2) is 0 Å². The van der Waals surface area contributed by atoms with Crippen LogP contribution in [0.2, 0.25) is 0 Å². The molecule has 0 saturated carbocycles. The molecule has 0 amide bonds. The van der Waals surface area contributed by atoms with Gasteiger partial charge in [0, 0.05) is 30.6 Å². The van der Waals surface area contributed by atoms with Crippen molar-refractivity contribution < 1.29 is 123 Å². The highest BCUT2D eigenvalue weighted by Gasteiger charge is 2.92. The van der Waals surface area contributed by atoms with Crippen LogP contribution in [0.15, 0.2) is 36.4 Å². The van der Waals surface area contributed by atoms with Crippen LogP contribution in [0.25, 0.3) is 29.3 Å². The van der Waals surface area contributed by atoms with Crippen molar-refractivity contribution in [2.75, 3.05) is 0 Å². The van der Waals surface area contributed by atoms with Gasteiger partial charge in [-0.05, 0) is 36.4 Å². The maximum Gasteiger partial charge on any atom is 0.460 e. The zero-order valence-corrected chi connectivity index (χ0v) is 30.4. The minimum Gasteiger partial charge on any atom is -0.196 e. The minimum absolute atomic E-state index is 0.102. The third-order valence-electron chi connectivity index (χ3n) is 8.53. The molecule has 61 heavy (non-hydrogen) atoms. The van der Waals surface area contributed by atoms with Crippen molar-refractivity contribution in [1.82, 2.24) is 0 Å². The van der Waals surface area contributed by atoms with Gasteiger partial charge in [0.25, 0.3) is 0 Å². The van der Waals surface area contributed by atoms with Crippen LogP contribution < -0.4 is 0 Å². The normalized spacial score (nSPS) is 16.7. The first-order valence-corrected chi connectivity index (χ1v) is 17.9. The average Bonchev–Trinajstić information content (AvgIpc) is 3.92. The second-order valence-corrected chi connectivity index (χ2v) is 16.6. The summed E-state index contributed by atoms with van der Waals surface area (Å²) in [5.41, 5.74) is -2.19. The van der Waals surface area contributed by atoms with Gasteiger partial charge < -0.3 is 0 Å². The topological polar surface area (TPSA) is 0 Å². The van der Waals surface area contributed by atoms with Gasteiger partial charge in [-0.3, -0.25) is 0 Å². The maximum atomic E-state index is 15.5. The number of thiophene rings is 4. The van der Waals surface area contributed by atoms with Crippen LogP contribution in [-0.2, 0) is 17.8 Å². The van der Waals surface area contributed by atoms with Gasteiger partial charge in [0.05, 0.1) is 19.5 Å². The molecule has 0 N–H and O–H groups in total. The standard InChI is InChI=1S/C29H6F28S4/c30-17(31)7-5-11(9-1-3-13(58-9)18(32,33)20(36,37)22(40,41)24(44,45)26(48,49)28(52,53)54)60-15(7)16-8(17)6-12(61-16)10-2-4-14(59-10)19(34,35)21(38,39)23(42,43)25(46,47)27(50,51)29(55,56)57/h1-6H. The fourth-order valence-corrected chi connectivity index (χ4v) is 9.83. The van der Waals surface area contributed by atoms with Gasteiger partial charge in [-0.1, -0.05) is 0 Å². The fraction of sp³-hybridized carbons (Fsp3) is 0.448. The molecule has 0 aliphatic heterocycles. The van der Waals surface area contributed by atoms with Crippen molar-refractivity contribution in [3.05, 3.63) is 57.3 Å². The minimum atomic E-state index is -8.22. The lowest BCUT2D eigenvalue weighted by molar-refractivity contribution is -0.441. The molecule has 0 nitrogen and oxygen atoms in total. The maximum absolute atomic E-state index is 15.5. The summed E-state index contributed by atoms with van der Waals surface area (Å²) in [7, 11) is 0. The van der Waals surface area contributed by atoms with E-state index in [1.54, 1.807) is 0 Å². The predicted molar refractivity (Wildman–Crippen MR) is 157 cm³/mol. The van der Waals surface area contributed by atoms with Crippen molar-refractivity contribution in [1.29, 1.82) is 0 Å². The Kier molecular flexibility index (Phi) is 10.8. The lowest BCUT2D eigenvalue weighted by Crippen LogP contribution is -2.69. The molecule has 0 aromatic carbocycles. The van der Waals surface area contributed by atoms with E-state index in [1.807, 2.05) is 0 Å². The smallest absolute Gasteiger partial charge is 0.196 e. The monoisotopic (exact) mass is 1010 g/mol. The summed E-state index contributed by atoms with van der Waals surface area (Å²) >= 11 is -1.33. The summed E-state index contributed by atoms with van der Waals surface area (Å²) in [6, 6.07) is 0.918. The fourth-order valence-electron chi connectivity index (χ4n) is 5.10. The van der Waals surface area contributed by atoms with Crippen LogP contribution in [0.4, 0.5) is 123 Å². The molecule has 4 aromatic rings. The van der Waals surface area contributed by atoms with E-state index < -0.39 is 150 Å². The largest absolute Gasteiger partial charge is 0.460 e. The molecule has 5 rings (SSSR count). The lowest BCUT2D eigenvalue weighted by Gasteiger charge is -2.39. The molecule has 0 spiro atoms. The molecule has 0 radical (unpaired) electrons. The van der Waals surface area contributed by atoms with E-state index in [9.17, 15) is 114 Å². The average molecular weight is 1010 g/mol. The molecular formula is C29H6F28S4. The highest BCUT2D eigenvalue weighted by atomic mass is 32.1. The molecule has 32 heteroatoms. The molecular weight excluding hydrogens is 1010 g/mol. The van der Waals surface area contributed by atoms with Gasteiger partial charge >= 0.3 is 77.5 Å². The molecule has 4 aromatic heterocycles. The number of halogens is 28. The number of rotatable bonds is 12. The van der Waals surface area contributed by atoms with Crippen LogP contribution >= 0.6 is 45.3 Å². The van der Waals surface area contributed by atoms with Crippen LogP contribution in [0.3, 0.4) is 0 Å². The Morgan fingerprint density at radius 2 is 0.574 bits per heavy atom. The van der Waals surface area contributed by atoms with E-state index in [-0.39, 0.29) is 46.9 Å². The van der Waals surface area contributed by atoms with Crippen LogP contribution in [-0.4, -0.2) is 59.7 Å². The Bertz CT molecular complexity index is 2150. The van der Waals surface area contributed by atoms with E-state index in [0.717, 1.165) is 0 Å². The van der Waals surface area contributed by atoms with Crippen molar-refractivity contribution in [2.24, 2.45) is 0 Å². The van der Waals surface area contributed by atoms with Crippen LogP contribution in [0.5, 0.6) is 0 Å². The first kappa shape index (κ1) is 48.9. The van der Waals surface area contributed by atoms with Crippen molar-refractivity contribution in [3.8, 4) is 29.3 Å². The molecule has 1 aliphatic rings. The van der Waals surface area contributed by atoms with Gasteiger partial charge in [-0.15, -0.1) is 45.3 Å². The second kappa shape index (κ2) is 13.4. The third kappa shape index (κ3) is 6.29. The van der Waals surface area contributed by atoms with E-state index in [1.165, 1.54) is 0 Å². The molecule has 0 bridgehead atoms. The van der Waals surface area contributed by atoms with Crippen LogP contribution in [0.1, 0.15) is 20.9 Å². The Labute approximate surface area is 332 Å². The molecule has 0 atom stereocenters. The first-order valence-electron chi connectivity index (χ1n) is 14.7. The second-order valence-electron chi connectivity index (χ2n) is 12.3. The Morgan fingerprint density at radius 1 is 0.311 bits per heavy atom. The summed E-state index contributed by atoms with van der Waals surface area (Å²) in [5, 5.41) is 0. The molecule has 0 saturated heterocycles. The van der Waals surface area contributed by atoms with E-state index >= 15 is 8.78 Å². The summed E-state index contributed by atoms with van der Waals surface area (Å²) in [6.45, 7) is 0. The Morgan fingerprint density at radius 3 is 0.836 bits per heavy atom. The number of hydrogen-bond donors (Lipinski definition) is 0. The van der Waals surface area contributed by atoms with Crippen molar-refractivity contribution >= 4 is 45.3 Å². The van der Waals surface area contributed by atoms with Crippen LogP contribution in [0, 0.1) is 0 Å². The van der Waals surface area contributed by atoms with Gasteiger partial charge in [-0.25, -0.2) is 0 Å². The summed E-state index contributed by atoms with van der Waals surface area (Å²) in [6.07, 6.45) is -15.4. The summed E-state index contributed by atoms with van der Waals surface area (Å²) in [4.78, 5) is -9.20. The zero-order chi connectivity index (χ0) is 47.3. The van der Waals surface area contributed by atoms with Gasteiger partial charge in [0.1, 0.15) is 0 Å². The quantitative estimate of drug-likeness (QED) is 0.124. The third-order valence-corrected chi connectivity index (χ3v) is 13.7. The van der Waals surface area contributed by atoms with Gasteiger partial charge in [-0.2, -0.15) is 123 Å². The lowest BCUT2D eigenvalue weighted by atomic mass is 9.93. The molecule has 4 heterocycles. The SMILES string of the molecule is FC1(F)c2cc(-c3ccc(C(F)(F)C(F)(F)C(F)(F)C(F)(F)C(F)(F)C(F)(F)F)s3)sc2-c2sc(-c3ccc(C(F)(F)C(F)(F)C(F)(F)C(F)(F)C(F)(F)C(F)(F)F)s3)cc21. The zero-order valence-electron chi connectivity index (χ0n) is 27.2. The number of fused-ring (bicyclic) bond motifs is 3. The highest BCUT2D eigenvalue weighted by Crippen LogP contribution is 2.66. The molecule has 0 unspecified atom stereocenters. The van der Waals surface area contributed by atoms with E-state index in [2.05, 4.69) is 0 Å². The molecule has 0 fully saturated rings. The summed E-state index contributed by atoms with van der Waals surface area (Å²) < 4.78 is 385. The van der Waals surface area contributed by atoms with Crippen molar-refractivity contribution in [3.63, 3.8) is 0 Å². The summed E-state index contributed by atoms with van der Waals surface area (Å²) in [5.74, 6) is -81.9. The number of alkyl halides is 28. The predicted octanol–water partition coefficient (Wildman–Crippen LogP) is 15.8. The Hall–Kier alpha value is -3.16. The van der Waals surface area contributed by atoms with Crippen molar-refractivity contribution in [2.45, 2.75) is 77.5 Å². The number of hydrogen-bond acceptors (Lipinski definition) is 4.